The minimum Gasteiger partial charge on any atom is -0.310 e. The summed E-state index contributed by atoms with van der Waals surface area (Å²) < 4.78 is 0. The van der Waals surface area contributed by atoms with E-state index in [-0.39, 0.29) is 5.91 Å². The van der Waals surface area contributed by atoms with Crippen molar-refractivity contribution in [1.82, 2.24) is 9.97 Å². The quantitative estimate of drug-likeness (QED) is 0.610. The van der Waals surface area contributed by atoms with Crippen molar-refractivity contribution in [2.75, 3.05) is 5.32 Å². The standard InChI is InChI=1S/C24H22N4OS/c1-16(23(29)28-22-9-5-6-12-26-22)30-24-20(15-25)14-19-13-18(10-11-21(19)27-24)17-7-3-2-4-8-17/h2-9,12,14,16,18H,10-11,13H2,1H3,(H,26,28,29). The molecule has 2 unspecified atom stereocenters. The molecular weight excluding hydrogens is 392 g/mol. The highest BCUT2D eigenvalue weighted by atomic mass is 32.2. The van der Waals surface area contributed by atoms with E-state index in [2.05, 4.69) is 40.6 Å². The highest BCUT2D eigenvalue weighted by molar-refractivity contribution is 8.00. The number of aryl methyl sites for hydroxylation is 1. The summed E-state index contributed by atoms with van der Waals surface area (Å²) in [5.41, 5.74) is 4.05. The van der Waals surface area contributed by atoms with Gasteiger partial charge in [-0.05, 0) is 61.4 Å². The highest BCUT2D eigenvalue weighted by Crippen LogP contribution is 2.35. The van der Waals surface area contributed by atoms with E-state index >= 15 is 0 Å². The van der Waals surface area contributed by atoms with E-state index in [4.69, 9.17) is 4.98 Å². The molecule has 0 radical (unpaired) electrons. The fourth-order valence-corrected chi connectivity index (χ4v) is 4.61. The fourth-order valence-electron chi connectivity index (χ4n) is 3.71. The topological polar surface area (TPSA) is 78.7 Å². The summed E-state index contributed by atoms with van der Waals surface area (Å²) in [6, 6.07) is 20.1. The van der Waals surface area contributed by atoms with Crippen molar-refractivity contribution < 1.29 is 4.79 Å². The number of nitrogens with zero attached hydrogens (tertiary/aromatic N) is 3. The zero-order valence-electron chi connectivity index (χ0n) is 16.7. The monoisotopic (exact) mass is 414 g/mol. The molecule has 3 aromatic rings. The maximum atomic E-state index is 12.5. The predicted molar refractivity (Wildman–Crippen MR) is 118 cm³/mol. The molecule has 0 bridgehead atoms. The number of rotatable bonds is 5. The Balaban J connectivity index is 1.50. The molecule has 5 nitrogen and oxygen atoms in total. The van der Waals surface area contributed by atoms with Gasteiger partial charge in [0.05, 0.1) is 10.8 Å². The van der Waals surface area contributed by atoms with Gasteiger partial charge in [0.1, 0.15) is 16.9 Å². The lowest BCUT2D eigenvalue weighted by Gasteiger charge is -2.25. The van der Waals surface area contributed by atoms with Crippen molar-refractivity contribution in [3.05, 3.63) is 83.2 Å². The summed E-state index contributed by atoms with van der Waals surface area (Å²) in [5.74, 6) is 0.806. The number of fused-ring (bicyclic) bond motifs is 1. The van der Waals surface area contributed by atoms with Crippen LogP contribution < -0.4 is 5.32 Å². The number of anilines is 1. The van der Waals surface area contributed by atoms with Crippen molar-refractivity contribution in [3.63, 3.8) is 0 Å². The summed E-state index contributed by atoms with van der Waals surface area (Å²) in [4.78, 5) is 21.4. The molecule has 1 amide bonds. The van der Waals surface area contributed by atoms with Gasteiger partial charge in [-0.2, -0.15) is 5.26 Å². The third-order valence-corrected chi connectivity index (χ3v) is 6.42. The Kier molecular flexibility index (Phi) is 6.10. The molecule has 0 aliphatic heterocycles. The lowest BCUT2D eigenvalue weighted by molar-refractivity contribution is -0.115. The number of pyridine rings is 2. The number of thioether (sulfide) groups is 1. The maximum Gasteiger partial charge on any atom is 0.238 e. The van der Waals surface area contributed by atoms with Gasteiger partial charge in [-0.3, -0.25) is 4.79 Å². The van der Waals surface area contributed by atoms with E-state index in [1.54, 1.807) is 18.3 Å². The summed E-state index contributed by atoms with van der Waals surface area (Å²) in [6.07, 6.45) is 4.44. The fraction of sp³-hybridized carbons (Fsp3) is 0.250. The molecular formula is C24H22N4OS. The second kappa shape index (κ2) is 9.10. The molecule has 0 fully saturated rings. The van der Waals surface area contributed by atoms with E-state index in [0.717, 1.165) is 30.5 Å². The molecule has 0 spiro atoms. The number of hydrogen-bond donors (Lipinski definition) is 1. The van der Waals surface area contributed by atoms with Gasteiger partial charge >= 0.3 is 0 Å². The van der Waals surface area contributed by atoms with Crippen LogP contribution in [0, 0.1) is 11.3 Å². The van der Waals surface area contributed by atoms with Crippen molar-refractivity contribution in [1.29, 1.82) is 5.26 Å². The molecule has 6 heteroatoms. The van der Waals surface area contributed by atoms with Gasteiger partial charge in [0, 0.05) is 11.9 Å². The van der Waals surface area contributed by atoms with Crippen LogP contribution in [0.1, 0.15) is 41.6 Å². The number of aromatic nitrogens is 2. The first kappa shape index (κ1) is 20.1. The molecule has 4 rings (SSSR count). The normalized spacial score (nSPS) is 16.2. The number of amides is 1. The average Bonchev–Trinajstić information content (AvgIpc) is 2.79. The molecule has 2 aromatic heterocycles. The average molecular weight is 415 g/mol. The van der Waals surface area contributed by atoms with Crippen LogP contribution in [0.5, 0.6) is 0 Å². The molecule has 1 aliphatic carbocycles. The highest BCUT2D eigenvalue weighted by Gasteiger charge is 2.24. The van der Waals surface area contributed by atoms with Crippen molar-refractivity contribution in [2.24, 2.45) is 0 Å². The van der Waals surface area contributed by atoms with Crippen molar-refractivity contribution in [3.8, 4) is 6.07 Å². The Morgan fingerprint density at radius 1 is 1.23 bits per heavy atom. The summed E-state index contributed by atoms with van der Waals surface area (Å²) >= 11 is 1.32. The van der Waals surface area contributed by atoms with Crippen LogP contribution in [0.25, 0.3) is 0 Å². The van der Waals surface area contributed by atoms with Crippen LogP contribution in [-0.4, -0.2) is 21.1 Å². The Morgan fingerprint density at radius 2 is 2.03 bits per heavy atom. The third-order valence-electron chi connectivity index (χ3n) is 5.32. The first-order valence-electron chi connectivity index (χ1n) is 10.0. The van der Waals surface area contributed by atoms with E-state index in [0.29, 0.717) is 22.3 Å². The Morgan fingerprint density at radius 3 is 2.77 bits per heavy atom. The second-order valence-electron chi connectivity index (χ2n) is 7.37. The van der Waals surface area contributed by atoms with Gasteiger partial charge in [0.15, 0.2) is 0 Å². The van der Waals surface area contributed by atoms with Gasteiger partial charge in [-0.1, -0.05) is 48.2 Å². The van der Waals surface area contributed by atoms with Crippen LogP contribution >= 0.6 is 11.8 Å². The molecule has 2 atom stereocenters. The predicted octanol–water partition coefficient (Wildman–Crippen LogP) is 4.74. The van der Waals surface area contributed by atoms with Crippen molar-refractivity contribution in [2.45, 2.75) is 42.4 Å². The molecule has 1 aromatic carbocycles. The third kappa shape index (κ3) is 4.52. The summed E-state index contributed by atoms with van der Waals surface area (Å²) in [6.45, 7) is 1.82. The maximum absolute atomic E-state index is 12.5. The molecule has 30 heavy (non-hydrogen) atoms. The lowest BCUT2D eigenvalue weighted by Crippen LogP contribution is -2.23. The number of benzene rings is 1. The van der Waals surface area contributed by atoms with Crippen LogP contribution in [0.3, 0.4) is 0 Å². The molecule has 0 saturated heterocycles. The molecule has 2 heterocycles. The van der Waals surface area contributed by atoms with Gasteiger partial charge in [-0.25, -0.2) is 9.97 Å². The largest absolute Gasteiger partial charge is 0.310 e. The van der Waals surface area contributed by atoms with Gasteiger partial charge in [-0.15, -0.1) is 0 Å². The molecule has 0 saturated carbocycles. The van der Waals surface area contributed by atoms with Crippen LogP contribution in [0.2, 0.25) is 0 Å². The molecule has 1 aliphatic rings. The SMILES string of the molecule is CC(Sc1nc2c(cc1C#N)CC(c1ccccc1)CC2)C(=O)Nc1ccccn1. The lowest BCUT2D eigenvalue weighted by atomic mass is 9.82. The second-order valence-corrected chi connectivity index (χ2v) is 8.70. The zero-order chi connectivity index (χ0) is 20.9. The van der Waals surface area contributed by atoms with Crippen LogP contribution in [0.4, 0.5) is 5.82 Å². The Labute approximate surface area is 180 Å². The molecule has 1 N–H and O–H groups in total. The van der Waals surface area contributed by atoms with Gasteiger partial charge < -0.3 is 5.32 Å². The number of nitriles is 1. The number of hydrogen-bond acceptors (Lipinski definition) is 5. The smallest absolute Gasteiger partial charge is 0.238 e. The number of nitrogens with one attached hydrogen (secondary N) is 1. The van der Waals surface area contributed by atoms with Crippen LogP contribution in [-0.2, 0) is 17.6 Å². The van der Waals surface area contributed by atoms with E-state index in [1.807, 2.05) is 25.1 Å². The Bertz CT molecular complexity index is 1080. The zero-order valence-corrected chi connectivity index (χ0v) is 17.5. The van der Waals surface area contributed by atoms with E-state index in [9.17, 15) is 10.1 Å². The molecule has 150 valence electrons. The summed E-state index contributed by atoms with van der Waals surface area (Å²) in [7, 11) is 0. The summed E-state index contributed by atoms with van der Waals surface area (Å²) in [5, 5.41) is 12.7. The minimum atomic E-state index is -0.398. The number of carbonyl (C=O) groups is 1. The minimum absolute atomic E-state index is 0.161. The van der Waals surface area contributed by atoms with Crippen LogP contribution in [0.15, 0.2) is 65.8 Å². The first-order valence-corrected chi connectivity index (χ1v) is 10.9. The first-order chi connectivity index (χ1) is 14.6. The van der Waals surface area contributed by atoms with Gasteiger partial charge in [0.25, 0.3) is 0 Å². The number of carbonyl (C=O) groups excluding carboxylic acids is 1. The Hall–Kier alpha value is -3.17. The van der Waals surface area contributed by atoms with Crippen molar-refractivity contribution >= 4 is 23.5 Å². The van der Waals surface area contributed by atoms with E-state index < -0.39 is 5.25 Å². The van der Waals surface area contributed by atoms with Gasteiger partial charge in [0.2, 0.25) is 5.91 Å². The van der Waals surface area contributed by atoms with E-state index in [1.165, 1.54) is 17.3 Å².